The molecule has 0 bridgehead atoms. The number of hydrogen-bond acceptors (Lipinski definition) is 5. The zero-order chi connectivity index (χ0) is 24.8. The molecule has 0 aliphatic rings. The molecule has 1 amide bonds. The Bertz CT molecular complexity index is 1290. The molecular weight excluding hydrogens is 475 g/mol. The highest BCUT2D eigenvalue weighted by Gasteiger charge is 2.30. The van der Waals surface area contributed by atoms with Crippen molar-refractivity contribution in [2.75, 3.05) is 0 Å². The standard InChI is InChI=1S/C26H22F3N3O2S/c1-17-5-7-18(8-6-17)14-23-31-25(35-32-23)34-22-11-9-19(10-12-22)15-24(33)30-16-20-3-2-4-21(13-20)26(27,28)29/h2-13H,14-16H2,1H3,(H,30,33). The first kappa shape index (κ1) is 24.4. The van der Waals surface area contributed by atoms with Crippen LogP contribution in [0.4, 0.5) is 13.2 Å². The number of hydrogen-bond donors (Lipinski definition) is 1. The lowest BCUT2D eigenvalue weighted by atomic mass is 10.1. The molecule has 0 fully saturated rings. The third-order valence-corrected chi connectivity index (χ3v) is 5.80. The highest BCUT2D eigenvalue weighted by atomic mass is 32.1. The van der Waals surface area contributed by atoms with Crippen molar-refractivity contribution in [2.24, 2.45) is 0 Å². The molecule has 5 nitrogen and oxygen atoms in total. The third kappa shape index (κ3) is 7.13. The van der Waals surface area contributed by atoms with Crippen LogP contribution in [0.2, 0.25) is 0 Å². The lowest BCUT2D eigenvalue weighted by Gasteiger charge is -2.10. The maximum atomic E-state index is 12.8. The molecule has 1 heterocycles. The molecule has 0 saturated heterocycles. The second-order valence-corrected chi connectivity index (χ2v) is 8.75. The van der Waals surface area contributed by atoms with Crippen molar-refractivity contribution in [1.82, 2.24) is 14.7 Å². The fourth-order valence-electron chi connectivity index (χ4n) is 3.32. The van der Waals surface area contributed by atoms with Gasteiger partial charge in [-0.25, -0.2) is 0 Å². The summed E-state index contributed by atoms with van der Waals surface area (Å²) in [6.45, 7) is 2.06. The summed E-state index contributed by atoms with van der Waals surface area (Å²) in [5.41, 5.74) is 2.71. The summed E-state index contributed by atoms with van der Waals surface area (Å²) < 4.78 is 48.6. The van der Waals surface area contributed by atoms with Crippen LogP contribution in [0.25, 0.3) is 0 Å². The van der Waals surface area contributed by atoms with E-state index in [4.69, 9.17) is 4.74 Å². The molecule has 180 valence electrons. The van der Waals surface area contributed by atoms with E-state index in [0.29, 0.717) is 28.8 Å². The molecule has 1 N–H and O–H groups in total. The van der Waals surface area contributed by atoms with Gasteiger partial charge >= 0.3 is 6.18 Å². The lowest BCUT2D eigenvalue weighted by molar-refractivity contribution is -0.137. The van der Waals surface area contributed by atoms with Crippen LogP contribution in [0.15, 0.2) is 72.8 Å². The molecule has 35 heavy (non-hydrogen) atoms. The summed E-state index contributed by atoms with van der Waals surface area (Å²) in [4.78, 5) is 16.7. The number of carbonyl (C=O) groups is 1. The number of nitrogens with one attached hydrogen (secondary N) is 1. The molecule has 0 aliphatic heterocycles. The highest BCUT2D eigenvalue weighted by Crippen LogP contribution is 2.29. The minimum Gasteiger partial charge on any atom is -0.430 e. The maximum Gasteiger partial charge on any atom is 0.416 e. The Balaban J connectivity index is 1.27. The summed E-state index contributed by atoms with van der Waals surface area (Å²) >= 11 is 1.17. The van der Waals surface area contributed by atoms with Crippen molar-refractivity contribution >= 4 is 17.4 Å². The molecule has 0 saturated carbocycles. The highest BCUT2D eigenvalue weighted by molar-refractivity contribution is 7.07. The van der Waals surface area contributed by atoms with Crippen LogP contribution in [0, 0.1) is 6.92 Å². The quantitative estimate of drug-likeness (QED) is 0.319. The zero-order valence-corrected chi connectivity index (χ0v) is 19.6. The Labute approximate surface area is 204 Å². The van der Waals surface area contributed by atoms with Gasteiger partial charge in [-0.2, -0.15) is 22.5 Å². The van der Waals surface area contributed by atoms with Gasteiger partial charge in [-0.1, -0.05) is 54.1 Å². The van der Waals surface area contributed by atoms with Gasteiger partial charge in [0.2, 0.25) is 5.91 Å². The van der Waals surface area contributed by atoms with E-state index >= 15 is 0 Å². The Hall–Kier alpha value is -3.72. The van der Waals surface area contributed by atoms with E-state index in [1.165, 1.54) is 23.2 Å². The largest absolute Gasteiger partial charge is 0.430 e. The van der Waals surface area contributed by atoms with Gasteiger partial charge in [-0.05, 0) is 47.9 Å². The molecule has 0 spiro atoms. The van der Waals surface area contributed by atoms with Crippen molar-refractivity contribution < 1.29 is 22.7 Å². The first-order valence-corrected chi connectivity index (χ1v) is 11.6. The van der Waals surface area contributed by atoms with Crippen LogP contribution >= 0.6 is 11.5 Å². The van der Waals surface area contributed by atoms with Crippen LogP contribution in [-0.2, 0) is 30.4 Å². The third-order valence-electron chi connectivity index (χ3n) is 5.17. The summed E-state index contributed by atoms with van der Waals surface area (Å²) in [5.74, 6) is 0.958. The summed E-state index contributed by atoms with van der Waals surface area (Å²) in [7, 11) is 0. The molecule has 3 aromatic carbocycles. The van der Waals surface area contributed by atoms with Gasteiger partial charge in [-0.3, -0.25) is 4.79 Å². The van der Waals surface area contributed by atoms with Crippen molar-refractivity contribution in [3.63, 3.8) is 0 Å². The number of aryl methyl sites for hydroxylation is 1. The molecule has 9 heteroatoms. The molecular formula is C26H22F3N3O2S. The van der Waals surface area contributed by atoms with E-state index < -0.39 is 11.7 Å². The average molecular weight is 498 g/mol. The van der Waals surface area contributed by atoms with Gasteiger partial charge in [0.1, 0.15) is 5.75 Å². The first-order chi connectivity index (χ1) is 16.7. The number of alkyl halides is 3. The van der Waals surface area contributed by atoms with Crippen molar-refractivity contribution in [3.8, 4) is 10.9 Å². The Morgan fingerprint density at radius 1 is 0.971 bits per heavy atom. The number of amides is 1. The molecule has 1 aromatic heterocycles. The molecule has 4 rings (SSSR count). The van der Waals surface area contributed by atoms with Crippen molar-refractivity contribution in [3.05, 3.63) is 106 Å². The lowest BCUT2D eigenvalue weighted by Crippen LogP contribution is -2.24. The smallest absolute Gasteiger partial charge is 0.416 e. The maximum absolute atomic E-state index is 12.8. The minimum absolute atomic E-state index is 0.0198. The predicted octanol–water partition coefficient (Wildman–Crippen LogP) is 6.11. The SMILES string of the molecule is Cc1ccc(Cc2nsc(Oc3ccc(CC(=O)NCc4cccc(C(F)(F)F)c4)cc3)n2)cc1. The summed E-state index contributed by atoms with van der Waals surface area (Å²) in [5, 5.41) is 3.08. The van der Waals surface area contributed by atoms with Crippen LogP contribution in [0.5, 0.6) is 10.9 Å². The van der Waals surface area contributed by atoms with E-state index in [9.17, 15) is 18.0 Å². The number of benzene rings is 3. The Morgan fingerprint density at radius 3 is 2.40 bits per heavy atom. The van der Waals surface area contributed by atoms with E-state index in [1.807, 2.05) is 31.2 Å². The van der Waals surface area contributed by atoms with Crippen LogP contribution in [-0.4, -0.2) is 15.3 Å². The number of rotatable bonds is 8. The predicted molar refractivity (Wildman–Crippen MR) is 127 cm³/mol. The van der Waals surface area contributed by atoms with Crippen LogP contribution < -0.4 is 10.1 Å². The second kappa shape index (κ2) is 10.7. The number of ether oxygens (including phenoxy) is 1. The van der Waals surface area contributed by atoms with Gasteiger partial charge in [-0.15, -0.1) is 0 Å². The topological polar surface area (TPSA) is 64.1 Å². The van der Waals surface area contributed by atoms with Gasteiger partial charge in [0, 0.05) is 24.5 Å². The zero-order valence-electron chi connectivity index (χ0n) is 18.8. The van der Waals surface area contributed by atoms with Crippen LogP contribution in [0.1, 0.15) is 33.6 Å². The average Bonchev–Trinajstić information content (AvgIpc) is 3.27. The summed E-state index contributed by atoms with van der Waals surface area (Å²) in [6.07, 6.45) is -3.70. The summed E-state index contributed by atoms with van der Waals surface area (Å²) in [6, 6.07) is 20.1. The number of carbonyl (C=O) groups excluding carboxylic acids is 1. The minimum atomic E-state index is -4.42. The number of aromatic nitrogens is 2. The Kier molecular flexibility index (Phi) is 7.45. The van der Waals surface area contributed by atoms with E-state index in [1.54, 1.807) is 30.3 Å². The number of halogens is 3. The second-order valence-electron chi connectivity index (χ2n) is 8.04. The fraction of sp³-hybridized carbons (Fsp3) is 0.192. The van der Waals surface area contributed by atoms with Gasteiger partial charge in [0.25, 0.3) is 5.19 Å². The molecule has 0 aliphatic carbocycles. The molecule has 0 atom stereocenters. The van der Waals surface area contributed by atoms with Gasteiger partial charge in [0.15, 0.2) is 5.82 Å². The van der Waals surface area contributed by atoms with E-state index in [2.05, 4.69) is 14.7 Å². The fourth-order valence-corrected chi connectivity index (χ4v) is 3.89. The van der Waals surface area contributed by atoms with E-state index in [-0.39, 0.29) is 18.9 Å². The Morgan fingerprint density at radius 2 is 1.69 bits per heavy atom. The molecule has 4 aromatic rings. The molecule has 0 radical (unpaired) electrons. The van der Waals surface area contributed by atoms with Crippen molar-refractivity contribution in [2.45, 2.75) is 32.5 Å². The number of nitrogens with zero attached hydrogens (tertiary/aromatic N) is 2. The van der Waals surface area contributed by atoms with Crippen molar-refractivity contribution in [1.29, 1.82) is 0 Å². The normalized spacial score (nSPS) is 11.3. The van der Waals surface area contributed by atoms with E-state index in [0.717, 1.165) is 23.3 Å². The monoisotopic (exact) mass is 497 g/mol. The van der Waals surface area contributed by atoms with Gasteiger partial charge in [0.05, 0.1) is 12.0 Å². The first-order valence-electron chi connectivity index (χ1n) is 10.8. The van der Waals surface area contributed by atoms with Crippen LogP contribution in [0.3, 0.4) is 0 Å². The van der Waals surface area contributed by atoms with Gasteiger partial charge < -0.3 is 10.1 Å². The molecule has 0 unspecified atom stereocenters.